The van der Waals surface area contributed by atoms with E-state index in [-0.39, 0.29) is 5.69 Å². The van der Waals surface area contributed by atoms with E-state index in [9.17, 15) is 27.2 Å². The topological polar surface area (TPSA) is 84.2 Å². The third-order valence-electron chi connectivity index (χ3n) is 2.97. The highest BCUT2D eigenvalue weighted by Crippen LogP contribution is 2.08. The van der Waals surface area contributed by atoms with E-state index in [1.165, 1.54) is 17.4 Å². The molecule has 128 valence electrons. The van der Waals surface area contributed by atoms with Gasteiger partial charge in [-0.3, -0.25) is 9.59 Å². The van der Waals surface area contributed by atoms with Crippen LogP contribution in [0, 0.1) is 5.82 Å². The summed E-state index contributed by atoms with van der Waals surface area (Å²) in [4.78, 5) is 24.0. The zero-order valence-corrected chi connectivity index (χ0v) is 11.9. The number of aromatic nitrogens is 2. The highest BCUT2D eigenvalue weighted by molar-refractivity contribution is 5.93. The molecule has 0 aliphatic rings. The Labute approximate surface area is 132 Å². The molecule has 10 heteroatoms. The maximum Gasteiger partial charge on any atom is 0.284 e. The van der Waals surface area contributed by atoms with Crippen LogP contribution in [0.5, 0.6) is 0 Å². The smallest absolute Gasteiger partial charge is 0.284 e. The van der Waals surface area contributed by atoms with Crippen molar-refractivity contribution >= 4 is 5.91 Å². The van der Waals surface area contributed by atoms with Crippen molar-refractivity contribution in [3.63, 3.8) is 0 Å². The molecule has 0 spiro atoms. The molecule has 0 radical (unpaired) electrons. The monoisotopic (exact) mass is 345 g/mol. The molecule has 0 aliphatic carbocycles. The number of aliphatic hydroxyl groups excluding tert-OH is 1. The molecule has 24 heavy (non-hydrogen) atoms. The molecule has 0 saturated heterocycles. The van der Waals surface area contributed by atoms with E-state index in [0.717, 1.165) is 24.4 Å². The number of alkyl halides is 3. The van der Waals surface area contributed by atoms with E-state index in [2.05, 4.69) is 5.10 Å². The van der Waals surface area contributed by atoms with Crippen LogP contribution in [-0.4, -0.2) is 39.6 Å². The van der Waals surface area contributed by atoms with Gasteiger partial charge < -0.3 is 10.4 Å². The Bertz CT molecular complexity index is 797. The van der Waals surface area contributed by atoms with Gasteiger partial charge in [-0.1, -0.05) is 6.07 Å². The Morgan fingerprint density at radius 3 is 2.58 bits per heavy atom. The van der Waals surface area contributed by atoms with Crippen LogP contribution in [0.1, 0.15) is 10.4 Å². The Kier molecular flexibility index (Phi) is 5.29. The van der Waals surface area contributed by atoms with Crippen molar-refractivity contribution in [2.24, 2.45) is 0 Å². The fourth-order valence-corrected chi connectivity index (χ4v) is 1.79. The molecule has 2 N–H and O–H groups in total. The molecule has 2 atom stereocenters. The lowest BCUT2D eigenvalue weighted by molar-refractivity contribution is -0.0551. The molecule has 1 aromatic carbocycles. The van der Waals surface area contributed by atoms with Gasteiger partial charge >= 0.3 is 0 Å². The molecule has 2 rings (SSSR count). The molecule has 2 unspecified atom stereocenters. The zero-order chi connectivity index (χ0) is 17.9. The van der Waals surface area contributed by atoms with Gasteiger partial charge in [0.15, 0.2) is 6.10 Å². The van der Waals surface area contributed by atoms with E-state index in [4.69, 9.17) is 5.11 Å². The van der Waals surface area contributed by atoms with Crippen molar-refractivity contribution in [1.29, 1.82) is 0 Å². The van der Waals surface area contributed by atoms with Crippen LogP contribution >= 0.6 is 0 Å². The fraction of sp³-hybridized carbons (Fsp3) is 0.214. The highest BCUT2D eigenvalue weighted by atomic mass is 19.3. The van der Waals surface area contributed by atoms with Crippen LogP contribution < -0.4 is 10.9 Å². The van der Waals surface area contributed by atoms with Gasteiger partial charge in [0.25, 0.3) is 17.9 Å². The maximum atomic E-state index is 13.4. The molecule has 1 heterocycles. The summed E-state index contributed by atoms with van der Waals surface area (Å²) in [6.07, 6.45) is -7.89. The number of hydrogen-bond donors (Lipinski definition) is 2. The average molecular weight is 345 g/mol. The number of hydrogen-bond acceptors (Lipinski definition) is 4. The van der Waals surface area contributed by atoms with E-state index in [1.807, 2.05) is 0 Å². The van der Waals surface area contributed by atoms with Crippen molar-refractivity contribution in [1.82, 2.24) is 15.1 Å². The molecule has 6 nitrogen and oxygen atoms in total. The number of amides is 1. The largest absolute Gasteiger partial charge is 0.382 e. The molecule has 0 saturated carbocycles. The number of aliphatic hydroxyl groups is 1. The number of benzene rings is 1. The van der Waals surface area contributed by atoms with Crippen LogP contribution in [-0.2, 0) is 0 Å². The van der Waals surface area contributed by atoms with Gasteiger partial charge in [-0.15, -0.1) is 0 Å². The van der Waals surface area contributed by atoms with E-state index in [1.54, 1.807) is 0 Å². The molecular formula is C14H11F4N3O3. The number of rotatable bonds is 5. The summed E-state index contributed by atoms with van der Waals surface area (Å²) in [7, 11) is 0. The number of carbonyl (C=O) groups excluding carboxylic acids is 1. The minimum Gasteiger partial charge on any atom is -0.382 e. The Balaban J connectivity index is 2.31. The molecule has 1 aromatic heterocycles. The average Bonchev–Trinajstić information content (AvgIpc) is 2.53. The van der Waals surface area contributed by atoms with Crippen molar-refractivity contribution in [2.45, 2.75) is 18.8 Å². The molecule has 2 aromatic rings. The summed E-state index contributed by atoms with van der Waals surface area (Å²) in [5.74, 6) is -1.97. The van der Waals surface area contributed by atoms with E-state index >= 15 is 0 Å². The second-order valence-electron chi connectivity index (χ2n) is 4.64. The number of carbonyl (C=O) groups is 1. The van der Waals surface area contributed by atoms with Gasteiger partial charge in [0.2, 0.25) is 6.30 Å². The van der Waals surface area contributed by atoms with Crippen LogP contribution in [0.15, 0.2) is 41.3 Å². The lowest BCUT2D eigenvalue weighted by Gasteiger charge is -2.16. The van der Waals surface area contributed by atoms with Crippen LogP contribution in [0.25, 0.3) is 5.69 Å². The Hall–Kier alpha value is -2.75. The summed E-state index contributed by atoms with van der Waals surface area (Å²) < 4.78 is 51.6. The second-order valence-corrected chi connectivity index (χ2v) is 4.64. The Morgan fingerprint density at radius 2 is 1.96 bits per heavy atom. The maximum absolute atomic E-state index is 13.4. The number of nitrogens with one attached hydrogen (secondary N) is 1. The molecule has 0 bridgehead atoms. The summed E-state index contributed by atoms with van der Waals surface area (Å²) in [6, 6.07) is 5.70. The lowest BCUT2D eigenvalue weighted by atomic mass is 10.2. The third-order valence-corrected chi connectivity index (χ3v) is 2.97. The minimum atomic E-state index is -3.42. The SMILES string of the molecule is O=C(NC(F)C(O)C(F)F)c1ccnn(-c2cccc(F)c2)c1=O. The van der Waals surface area contributed by atoms with E-state index < -0.39 is 41.7 Å². The van der Waals surface area contributed by atoms with Crippen molar-refractivity contribution in [2.75, 3.05) is 0 Å². The van der Waals surface area contributed by atoms with Gasteiger partial charge in [-0.05, 0) is 24.3 Å². The molecular weight excluding hydrogens is 334 g/mol. The molecule has 0 aliphatic heterocycles. The van der Waals surface area contributed by atoms with Crippen LogP contribution in [0.3, 0.4) is 0 Å². The van der Waals surface area contributed by atoms with Gasteiger partial charge in [0.05, 0.1) is 5.69 Å². The first kappa shape index (κ1) is 17.6. The highest BCUT2D eigenvalue weighted by Gasteiger charge is 2.29. The normalized spacial score (nSPS) is 13.6. The zero-order valence-electron chi connectivity index (χ0n) is 11.9. The summed E-state index contributed by atoms with van der Waals surface area (Å²) in [6.45, 7) is 0. The number of halogens is 4. The predicted octanol–water partition coefficient (Wildman–Crippen LogP) is 1.02. The first-order valence-electron chi connectivity index (χ1n) is 6.56. The lowest BCUT2D eigenvalue weighted by Crippen LogP contribution is -2.45. The first-order chi connectivity index (χ1) is 11.3. The summed E-state index contributed by atoms with van der Waals surface area (Å²) >= 11 is 0. The Morgan fingerprint density at radius 1 is 1.25 bits per heavy atom. The van der Waals surface area contributed by atoms with Gasteiger partial charge in [0, 0.05) is 6.20 Å². The van der Waals surface area contributed by atoms with Gasteiger partial charge in [0.1, 0.15) is 11.4 Å². The quantitative estimate of drug-likeness (QED) is 0.626. The summed E-state index contributed by atoms with van der Waals surface area (Å²) in [5.41, 5.74) is -1.61. The molecule has 1 amide bonds. The minimum absolute atomic E-state index is 0.0130. The van der Waals surface area contributed by atoms with Crippen molar-refractivity contribution in [3.05, 3.63) is 58.3 Å². The van der Waals surface area contributed by atoms with Gasteiger partial charge in [-0.2, -0.15) is 9.78 Å². The predicted molar refractivity (Wildman–Crippen MR) is 74.2 cm³/mol. The summed E-state index contributed by atoms with van der Waals surface area (Å²) in [5, 5.41) is 14.0. The van der Waals surface area contributed by atoms with Crippen LogP contribution in [0.4, 0.5) is 17.6 Å². The van der Waals surface area contributed by atoms with Crippen molar-refractivity contribution < 1.29 is 27.5 Å². The first-order valence-corrected chi connectivity index (χ1v) is 6.56. The van der Waals surface area contributed by atoms with Gasteiger partial charge in [-0.25, -0.2) is 17.6 Å². The number of nitrogens with zero attached hydrogens (tertiary/aromatic N) is 2. The second kappa shape index (κ2) is 7.21. The fourth-order valence-electron chi connectivity index (χ4n) is 1.79. The van der Waals surface area contributed by atoms with Crippen LogP contribution in [0.2, 0.25) is 0 Å². The molecule has 0 fully saturated rings. The standard InChI is InChI=1S/C14H11F4N3O3/c15-7-2-1-3-8(6-7)21-14(24)9(4-5-19-21)13(23)20-12(18)10(22)11(16)17/h1-6,10-12,22H,(H,20,23). The van der Waals surface area contributed by atoms with E-state index in [0.29, 0.717) is 4.68 Å². The third kappa shape index (κ3) is 3.77. The van der Waals surface area contributed by atoms with Crippen molar-refractivity contribution in [3.8, 4) is 5.69 Å².